The van der Waals surface area contributed by atoms with E-state index in [1.54, 1.807) is 32.3 Å². The van der Waals surface area contributed by atoms with Gasteiger partial charge in [0.25, 0.3) is 5.91 Å². The van der Waals surface area contributed by atoms with Gasteiger partial charge in [-0.1, -0.05) is 0 Å². The van der Waals surface area contributed by atoms with Crippen LogP contribution in [0.25, 0.3) is 0 Å². The van der Waals surface area contributed by atoms with Crippen LogP contribution in [-0.4, -0.2) is 26.4 Å². The molecule has 2 N–H and O–H groups in total. The Morgan fingerprint density at radius 3 is 2.38 bits per heavy atom. The highest BCUT2D eigenvalue weighted by molar-refractivity contribution is 7.89. The summed E-state index contributed by atoms with van der Waals surface area (Å²) in [6.45, 7) is 5.37. The van der Waals surface area contributed by atoms with E-state index in [2.05, 4.69) is 15.0 Å². The van der Waals surface area contributed by atoms with E-state index >= 15 is 0 Å². The zero-order chi connectivity index (χ0) is 17.9. The average Bonchev–Trinajstić information content (AvgIpc) is 2.57. The van der Waals surface area contributed by atoms with Gasteiger partial charge in [-0.3, -0.25) is 9.78 Å². The summed E-state index contributed by atoms with van der Waals surface area (Å²) in [5, 5.41) is 2.87. The number of aryl methyl sites for hydroxylation is 1. The summed E-state index contributed by atoms with van der Waals surface area (Å²) in [6, 6.07) is 6.53. The lowest BCUT2D eigenvalue weighted by Crippen LogP contribution is -2.27. The molecule has 0 aliphatic heterocycles. The van der Waals surface area contributed by atoms with Crippen LogP contribution in [0.1, 0.15) is 40.0 Å². The third-order valence-corrected chi connectivity index (χ3v) is 5.53. The minimum absolute atomic E-state index is 0.117. The van der Waals surface area contributed by atoms with Crippen molar-refractivity contribution in [3.8, 4) is 0 Å². The number of carbonyl (C=O) groups is 1. The highest BCUT2D eigenvalue weighted by Gasteiger charge is 2.20. The van der Waals surface area contributed by atoms with Gasteiger partial charge in [-0.05, 0) is 68.8 Å². The molecule has 0 bridgehead atoms. The molecule has 1 unspecified atom stereocenters. The number of aromatic nitrogens is 1. The van der Waals surface area contributed by atoms with Gasteiger partial charge in [0, 0.05) is 18.0 Å². The number of benzene rings is 1. The molecule has 1 heterocycles. The van der Waals surface area contributed by atoms with E-state index < -0.39 is 10.0 Å². The highest BCUT2D eigenvalue weighted by atomic mass is 32.2. The fraction of sp³-hybridized carbons (Fsp3) is 0.294. The second-order valence-corrected chi connectivity index (χ2v) is 7.45. The maximum atomic E-state index is 12.5. The number of hydrogen-bond acceptors (Lipinski definition) is 4. The number of pyridine rings is 1. The largest absolute Gasteiger partial charge is 0.346 e. The van der Waals surface area contributed by atoms with E-state index in [-0.39, 0.29) is 16.8 Å². The lowest BCUT2D eigenvalue weighted by Gasteiger charge is -2.16. The normalized spacial score (nSPS) is 12.7. The van der Waals surface area contributed by atoms with Crippen molar-refractivity contribution in [2.24, 2.45) is 0 Å². The first-order valence-electron chi connectivity index (χ1n) is 7.52. The SMILES string of the molecule is CNS(=O)(=O)c1cc(C(=O)NC(C)c2ccncc2)cc(C)c1C. The molecule has 1 atom stereocenters. The van der Waals surface area contributed by atoms with Crippen LogP contribution < -0.4 is 10.0 Å². The Kier molecular flexibility index (Phi) is 5.36. The lowest BCUT2D eigenvalue weighted by molar-refractivity contribution is 0.0939. The molecule has 7 heteroatoms. The molecule has 0 spiro atoms. The van der Waals surface area contributed by atoms with Crippen LogP contribution >= 0.6 is 0 Å². The number of nitrogens with one attached hydrogen (secondary N) is 2. The minimum atomic E-state index is -3.63. The zero-order valence-electron chi connectivity index (χ0n) is 14.1. The first kappa shape index (κ1) is 18.1. The molecule has 24 heavy (non-hydrogen) atoms. The van der Waals surface area contributed by atoms with Gasteiger partial charge in [0.05, 0.1) is 10.9 Å². The Morgan fingerprint density at radius 2 is 1.79 bits per heavy atom. The molecule has 0 fully saturated rings. The van der Waals surface area contributed by atoms with Gasteiger partial charge in [-0.15, -0.1) is 0 Å². The summed E-state index contributed by atoms with van der Waals surface area (Å²) < 4.78 is 26.6. The van der Waals surface area contributed by atoms with Crippen LogP contribution in [0.2, 0.25) is 0 Å². The summed E-state index contributed by atoms with van der Waals surface area (Å²) in [7, 11) is -2.28. The monoisotopic (exact) mass is 347 g/mol. The van der Waals surface area contributed by atoms with E-state index in [1.165, 1.54) is 13.1 Å². The maximum Gasteiger partial charge on any atom is 0.251 e. The van der Waals surface area contributed by atoms with Crippen LogP contribution in [0.15, 0.2) is 41.6 Å². The van der Waals surface area contributed by atoms with E-state index in [4.69, 9.17) is 0 Å². The van der Waals surface area contributed by atoms with Gasteiger partial charge in [-0.25, -0.2) is 13.1 Å². The smallest absolute Gasteiger partial charge is 0.251 e. The Bertz CT molecular complexity index is 849. The topological polar surface area (TPSA) is 88.2 Å². The summed E-state index contributed by atoms with van der Waals surface area (Å²) in [4.78, 5) is 16.6. The molecule has 2 rings (SSSR count). The number of rotatable bonds is 5. The van der Waals surface area contributed by atoms with Gasteiger partial charge >= 0.3 is 0 Å². The molecule has 1 aromatic heterocycles. The Morgan fingerprint density at radius 1 is 1.17 bits per heavy atom. The van der Waals surface area contributed by atoms with Crippen LogP contribution in [0, 0.1) is 13.8 Å². The number of amides is 1. The molecule has 6 nitrogen and oxygen atoms in total. The van der Waals surface area contributed by atoms with Crippen molar-refractivity contribution in [2.75, 3.05) is 7.05 Å². The highest BCUT2D eigenvalue weighted by Crippen LogP contribution is 2.21. The van der Waals surface area contributed by atoms with Crippen molar-refractivity contribution < 1.29 is 13.2 Å². The second kappa shape index (κ2) is 7.11. The van der Waals surface area contributed by atoms with Crippen LogP contribution in [0.4, 0.5) is 0 Å². The van der Waals surface area contributed by atoms with Crippen LogP contribution in [0.3, 0.4) is 0 Å². The van der Waals surface area contributed by atoms with Crippen molar-refractivity contribution in [3.05, 3.63) is 58.9 Å². The lowest BCUT2D eigenvalue weighted by atomic mass is 10.0. The van der Waals surface area contributed by atoms with Crippen molar-refractivity contribution in [1.29, 1.82) is 0 Å². The molecule has 0 saturated carbocycles. The van der Waals surface area contributed by atoms with Gasteiger partial charge in [0.1, 0.15) is 0 Å². The molecular weight excluding hydrogens is 326 g/mol. The minimum Gasteiger partial charge on any atom is -0.346 e. The fourth-order valence-corrected chi connectivity index (χ4v) is 3.43. The van der Waals surface area contributed by atoms with Crippen LogP contribution in [-0.2, 0) is 10.0 Å². The van der Waals surface area contributed by atoms with Crippen LogP contribution in [0.5, 0.6) is 0 Å². The molecule has 0 aliphatic rings. The zero-order valence-corrected chi connectivity index (χ0v) is 14.9. The number of hydrogen-bond donors (Lipinski definition) is 2. The molecule has 0 radical (unpaired) electrons. The van der Waals surface area contributed by atoms with Gasteiger partial charge in [0.2, 0.25) is 10.0 Å². The number of sulfonamides is 1. The molecule has 128 valence electrons. The first-order chi connectivity index (χ1) is 11.3. The molecule has 0 saturated heterocycles. The fourth-order valence-electron chi connectivity index (χ4n) is 2.36. The van der Waals surface area contributed by atoms with Crippen molar-refractivity contribution in [2.45, 2.75) is 31.7 Å². The summed E-state index contributed by atoms with van der Waals surface area (Å²) in [5.41, 5.74) is 2.61. The third-order valence-electron chi connectivity index (χ3n) is 3.99. The first-order valence-corrected chi connectivity index (χ1v) is 9.00. The van der Waals surface area contributed by atoms with E-state index in [9.17, 15) is 13.2 Å². The molecular formula is C17H21N3O3S. The third kappa shape index (κ3) is 3.80. The Labute approximate surface area is 142 Å². The predicted molar refractivity (Wildman–Crippen MR) is 92.3 cm³/mol. The van der Waals surface area contributed by atoms with Gasteiger partial charge < -0.3 is 5.32 Å². The standard InChI is InChI=1S/C17H21N3O3S/c1-11-9-15(10-16(12(11)2)24(22,23)18-4)17(21)20-13(3)14-5-7-19-8-6-14/h5-10,13,18H,1-4H3,(H,20,21). The van der Waals surface area contributed by atoms with Gasteiger partial charge in [-0.2, -0.15) is 0 Å². The average molecular weight is 347 g/mol. The van der Waals surface area contributed by atoms with E-state index in [1.807, 2.05) is 19.1 Å². The van der Waals surface area contributed by atoms with Crippen molar-refractivity contribution in [3.63, 3.8) is 0 Å². The van der Waals surface area contributed by atoms with E-state index in [0.29, 0.717) is 11.1 Å². The Balaban J connectivity index is 2.34. The number of carbonyl (C=O) groups excluding carboxylic acids is 1. The second-order valence-electron chi connectivity index (χ2n) is 5.60. The van der Waals surface area contributed by atoms with Crippen molar-refractivity contribution in [1.82, 2.24) is 15.0 Å². The molecule has 0 aliphatic carbocycles. The molecule has 2 aromatic rings. The summed E-state index contributed by atoms with van der Waals surface area (Å²) in [6.07, 6.45) is 3.32. The van der Waals surface area contributed by atoms with E-state index in [0.717, 1.165) is 11.1 Å². The predicted octanol–water partition coefficient (Wildman–Crippen LogP) is 2.10. The van der Waals surface area contributed by atoms with Gasteiger partial charge in [0.15, 0.2) is 0 Å². The Hall–Kier alpha value is -2.25. The maximum absolute atomic E-state index is 12.5. The summed E-state index contributed by atoms with van der Waals surface area (Å²) in [5.74, 6) is -0.324. The quantitative estimate of drug-likeness (QED) is 0.867. The van der Waals surface area contributed by atoms with Crippen molar-refractivity contribution >= 4 is 15.9 Å². The molecule has 1 amide bonds. The summed E-state index contributed by atoms with van der Waals surface area (Å²) >= 11 is 0. The molecule has 1 aromatic carbocycles. The number of nitrogens with zero attached hydrogens (tertiary/aromatic N) is 1.